The van der Waals surface area contributed by atoms with E-state index in [1.807, 2.05) is 32.2 Å². The van der Waals surface area contributed by atoms with E-state index in [1.165, 1.54) is 29.8 Å². The molecule has 0 spiro atoms. The highest BCUT2D eigenvalue weighted by Gasteiger charge is 2.33. The molecule has 1 aliphatic rings. The van der Waals surface area contributed by atoms with Gasteiger partial charge in [0.15, 0.2) is 0 Å². The van der Waals surface area contributed by atoms with Gasteiger partial charge in [-0.3, -0.25) is 14.4 Å². The number of halogens is 1. The summed E-state index contributed by atoms with van der Waals surface area (Å²) < 4.78 is 47.9. The molecule has 4 rings (SSSR count). The molecule has 208 valence electrons. The molecule has 39 heavy (non-hydrogen) atoms. The van der Waals surface area contributed by atoms with Crippen molar-refractivity contribution < 1.29 is 27.4 Å². The maximum absolute atomic E-state index is 13.6. The SMILES string of the molecule is C[C@H](CO)N1C[C@H](C)[C@@H](CN(C)Cc2ccccc2)Oc2ccc(NS(=O)(=O)c3ccc(F)cc3)cc2C1=O. The van der Waals surface area contributed by atoms with Gasteiger partial charge in [0.1, 0.15) is 17.7 Å². The average Bonchev–Trinajstić information content (AvgIpc) is 2.91. The topological polar surface area (TPSA) is 99.2 Å². The van der Waals surface area contributed by atoms with Gasteiger partial charge in [0.2, 0.25) is 0 Å². The zero-order valence-corrected chi connectivity index (χ0v) is 23.1. The second-order valence-electron chi connectivity index (χ2n) is 10.1. The summed E-state index contributed by atoms with van der Waals surface area (Å²) in [4.78, 5) is 17.3. The highest BCUT2D eigenvalue weighted by molar-refractivity contribution is 7.92. The van der Waals surface area contributed by atoms with Gasteiger partial charge < -0.3 is 14.7 Å². The minimum atomic E-state index is -4.02. The van der Waals surface area contributed by atoms with E-state index in [0.29, 0.717) is 18.8 Å². The number of rotatable bonds is 9. The molecule has 0 bridgehead atoms. The molecule has 2 N–H and O–H groups in total. The van der Waals surface area contributed by atoms with Gasteiger partial charge in [0.05, 0.1) is 23.1 Å². The highest BCUT2D eigenvalue weighted by atomic mass is 32.2. The van der Waals surface area contributed by atoms with Crippen molar-refractivity contribution in [1.29, 1.82) is 0 Å². The fourth-order valence-corrected chi connectivity index (χ4v) is 5.65. The molecule has 1 heterocycles. The minimum absolute atomic E-state index is 0.0500. The first kappa shape index (κ1) is 28.5. The number of sulfonamides is 1. The van der Waals surface area contributed by atoms with Crippen LogP contribution in [-0.2, 0) is 16.6 Å². The van der Waals surface area contributed by atoms with E-state index in [4.69, 9.17) is 4.74 Å². The van der Waals surface area contributed by atoms with Crippen LogP contribution in [-0.4, -0.2) is 68.1 Å². The first-order valence-corrected chi connectivity index (χ1v) is 14.3. The lowest BCUT2D eigenvalue weighted by molar-refractivity contribution is 0.0341. The van der Waals surface area contributed by atoms with E-state index >= 15 is 0 Å². The fraction of sp³-hybridized carbons (Fsp3) is 0.345. The number of carbonyl (C=O) groups excluding carboxylic acids is 1. The van der Waals surface area contributed by atoms with Crippen LogP contribution in [0.15, 0.2) is 77.7 Å². The predicted octanol–water partition coefficient (Wildman–Crippen LogP) is 3.98. The number of benzene rings is 3. The first-order chi connectivity index (χ1) is 18.6. The molecule has 0 radical (unpaired) electrons. The van der Waals surface area contributed by atoms with Crippen molar-refractivity contribution in [2.24, 2.45) is 5.92 Å². The number of hydrogen-bond acceptors (Lipinski definition) is 6. The first-order valence-electron chi connectivity index (χ1n) is 12.8. The van der Waals surface area contributed by atoms with Crippen molar-refractivity contribution >= 4 is 21.6 Å². The van der Waals surface area contributed by atoms with Gasteiger partial charge in [-0.2, -0.15) is 0 Å². The zero-order chi connectivity index (χ0) is 28.2. The molecule has 10 heteroatoms. The summed E-state index contributed by atoms with van der Waals surface area (Å²) in [6.45, 7) is 5.23. The molecule has 0 saturated heterocycles. The Bertz CT molecular complexity index is 1390. The van der Waals surface area contributed by atoms with E-state index in [0.717, 1.165) is 18.7 Å². The molecule has 8 nitrogen and oxygen atoms in total. The number of ether oxygens (including phenoxy) is 1. The number of nitrogens with one attached hydrogen (secondary N) is 1. The number of aliphatic hydroxyl groups excluding tert-OH is 1. The monoisotopic (exact) mass is 555 g/mol. The van der Waals surface area contributed by atoms with Crippen molar-refractivity contribution in [2.45, 2.75) is 37.4 Å². The Labute approximate surface area is 229 Å². The van der Waals surface area contributed by atoms with Crippen LogP contribution >= 0.6 is 0 Å². The quantitative estimate of drug-likeness (QED) is 0.415. The smallest absolute Gasteiger partial charge is 0.261 e. The van der Waals surface area contributed by atoms with Crippen LogP contribution in [0.5, 0.6) is 5.75 Å². The number of fused-ring (bicyclic) bond motifs is 1. The van der Waals surface area contributed by atoms with E-state index < -0.39 is 21.9 Å². The molecule has 1 aliphatic heterocycles. The van der Waals surface area contributed by atoms with Crippen molar-refractivity contribution in [3.63, 3.8) is 0 Å². The van der Waals surface area contributed by atoms with Crippen LogP contribution < -0.4 is 9.46 Å². The van der Waals surface area contributed by atoms with Gasteiger partial charge in [0, 0.05) is 31.2 Å². The normalized spacial score (nSPS) is 18.6. The maximum atomic E-state index is 13.6. The standard InChI is InChI=1S/C29H34FN3O5S/c1-20-16-33(21(2)19-34)29(35)26-15-24(31-39(36,37)25-12-9-23(30)10-13-25)11-14-27(26)38-28(20)18-32(3)17-22-7-5-4-6-8-22/h4-15,20-21,28,31,34H,16-19H2,1-3H3/t20-,21+,28+/m0/s1. The van der Waals surface area contributed by atoms with E-state index in [2.05, 4.69) is 21.8 Å². The Morgan fingerprint density at radius 1 is 1.13 bits per heavy atom. The number of amides is 1. The van der Waals surface area contributed by atoms with E-state index in [9.17, 15) is 22.7 Å². The van der Waals surface area contributed by atoms with Crippen molar-refractivity contribution in [1.82, 2.24) is 9.80 Å². The van der Waals surface area contributed by atoms with Gasteiger partial charge in [0.25, 0.3) is 15.9 Å². The molecular weight excluding hydrogens is 521 g/mol. The highest BCUT2D eigenvalue weighted by Crippen LogP contribution is 2.31. The largest absolute Gasteiger partial charge is 0.488 e. The van der Waals surface area contributed by atoms with Gasteiger partial charge in [-0.1, -0.05) is 37.3 Å². The lowest BCUT2D eigenvalue weighted by Crippen LogP contribution is -2.49. The summed E-state index contributed by atoms with van der Waals surface area (Å²) in [5, 5.41) is 9.88. The Morgan fingerprint density at radius 3 is 2.49 bits per heavy atom. The molecule has 3 aromatic rings. The van der Waals surface area contributed by atoms with Crippen LogP contribution in [0.4, 0.5) is 10.1 Å². The molecular formula is C29H34FN3O5S. The number of nitrogens with zero attached hydrogens (tertiary/aromatic N) is 2. The van der Waals surface area contributed by atoms with Crippen molar-refractivity contribution in [3.8, 4) is 5.75 Å². The summed E-state index contributed by atoms with van der Waals surface area (Å²) in [5.74, 6) is -0.623. The number of likely N-dealkylation sites (N-methyl/N-ethyl adjacent to an activating group) is 1. The second-order valence-corrected chi connectivity index (χ2v) is 11.8. The number of anilines is 1. The van der Waals surface area contributed by atoms with Crippen molar-refractivity contribution in [2.75, 3.05) is 31.5 Å². The molecule has 3 aromatic carbocycles. The zero-order valence-electron chi connectivity index (χ0n) is 22.2. The lowest BCUT2D eigenvalue weighted by Gasteiger charge is -2.38. The fourth-order valence-electron chi connectivity index (χ4n) is 4.60. The Hall–Kier alpha value is -3.47. The number of aliphatic hydroxyl groups is 1. The Morgan fingerprint density at radius 2 is 1.82 bits per heavy atom. The van der Waals surface area contributed by atoms with Gasteiger partial charge >= 0.3 is 0 Å². The molecule has 0 aliphatic carbocycles. The van der Waals surface area contributed by atoms with Crippen LogP contribution in [0.2, 0.25) is 0 Å². The summed E-state index contributed by atoms with van der Waals surface area (Å²) in [5.41, 5.74) is 1.53. The summed E-state index contributed by atoms with van der Waals surface area (Å²) >= 11 is 0. The van der Waals surface area contributed by atoms with Crippen LogP contribution in [0.25, 0.3) is 0 Å². The number of carbonyl (C=O) groups is 1. The third-order valence-corrected chi connectivity index (χ3v) is 8.23. The third-order valence-electron chi connectivity index (χ3n) is 6.83. The summed E-state index contributed by atoms with van der Waals surface area (Å²) in [6.07, 6.45) is -0.277. The van der Waals surface area contributed by atoms with Gasteiger partial charge in [-0.15, -0.1) is 0 Å². The molecule has 3 atom stereocenters. The molecule has 1 amide bonds. The molecule has 0 saturated carbocycles. The van der Waals surface area contributed by atoms with E-state index in [1.54, 1.807) is 17.9 Å². The summed E-state index contributed by atoms with van der Waals surface area (Å²) in [7, 11) is -2.01. The van der Waals surface area contributed by atoms with Crippen LogP contribution in [0, 0.1) is 11.7 Å². The number of hydrogen-bond donors (Lipinski definition) is 2. The molecule has 0 aromatic heterocycles. The molecule has 0 unspecified atom stereocenters. The Kier molecular flexibility index (Phi) is 8.89. The van der Waals surface area contributed by atoms with Crippen molar-refractivity contribution in [3.05, 3.63) is 89.7 Å². The predicted molar refractivity (Wildman–Crippen MR) is 148 cm³/mol. The second kappa shape index (κ2) is 12.1. The Balaban J connectivity index is 1.63. The van der Waals surface area contributed by atoms with Gasteiger partial charge in [-0.05, 0) is 62.0 Å². The van der Waals surface area contributed by atoms with Gasteiger partial charge in [-0.25, -0.2) is 12.8 Å². The third kappa shape index (κ3) is 6.95. The minimum Gasteiger partial charge on any atom is -0.488 e. The lowest BCUT2D eigenvalue weighted by atomic mass is 9.99. The molecule has 0 fully saturated rings. The van der Waals surface area contributed by atoms with Crippen LogP contribution in [0.1, 0.15) is 29.8 Å². The average molecular weight is 556 g/mol. The maximum Gasteiger partial charge on any atom is 0.261 e. The van der Waals surface area contributed by atoms with E-state index in [-0.39, 0.29) is 40.7 Å². The van der Waals surface area contributed by atoms with Crippen LogP contribution in [0.3, 0.4) is 0 Å². The summed E-state index contributed by atoms with van der Waals surface area (Å²) in [6, 6.07) is 18.7.